The Morgan fingerprint density at radius 2 is 1.87 bits per heavy atom. The normalized spacial score (nSPS) is 18.0. The number of aromatic nitrogens is 1. The summed E-state index contributed by atoms with van der Waals surface area (Å²) in [5.41, 5.74) is -0.285. The lowest BCUT2D eigenvalue weighted by molar-refractivity contribution is -0.124. The van der Waals surface area contributed by atoms with Crippen LogP contribution in [0.15, 0.2) is 24.5 Å². The minimum Gasteiger partial charge on any atom is -0.381 e. The molecular weight excluding hydrogens is 318 g/mol. The molecule has 1 amide bonds. The molecule has 0 aromatic carbocycles. The lowest BCUT2D eigenvalue weighted by Crippen LogP contribution is -2.44. The predicted octanol–water partition coefficient (Wildman–Crippen LogP) is 0.392. The fraction of sp³-hybridized carbons (Fsp3) is 0.667. The van der Waals surface area contributed by atoms with Gasteiger partial charge in [0, 0.05) is 46.2 Å². The number of sulfonamides is 1. The molecule has 0 saturated carbocycles. The number of amides is 1. The third-order valence-electron chi connectivity index (χ3n) is 4.30. The molecular formula is C15H25N3O4S. The van der Waals surface area contributed by atoms with Crippen molar-refractivity contribution in [2.45, 2.75) is 24.8 Å². The van der Waals surface area contributed by atoms with Gasteiger partial charge in [0.1, 0.15) is 0 Å². The summed E-state index contributed by atoms with van der Waals surface area (Å²) >= 11 is 0. The van der Waals surface area contributed by atoms with Gasteiger partial charge in [0.25, 0.3) is 0 Å². The van der Waals surface area contributed by atoms with Gasteiger partial charge in [-0.2, -0.15) is 0 Å². The van der Waals surface area contributed by atoms with Gasteiger partial charge in [0.2, 0.25) is 15.9 Å². The van der Waals surface area contributed by atoms with Crippen LogP contribution in [0.3, 0.4) is 0 Å². The van der Waals surface area contributed by atoms with E-state index in [9.17, 15) is 13.2 Å². The van der Waals surface area contributed by atoms with Gasteiger partial charge in [0.05, 0.1) is 17.7 Å². The van der Waals surface area contributed by atoms with Gasteiger partial charge in [-0.3, -0.25) is 4.79 Å². The third kappa shape index (κ3) is 4.55. The molecule has 2 rings (SSSR count). The number of nitrogens with one attached hydrogen (secondary N) is 1. The maximum atomic E-state index is 12.3. The molecule has 0 unspecified atom stereocenters. The van der Waals surface area contributed by atoms with Crippen LogP contribution >= 0.6 is 0 Å². The standard InChI is InChI=1S/C15H25N3O4S/c1-17(2)23(20,21)12-7-16-14(19)13-15(5-10-22-11-6-15)18-8-3-4-9-18/h3-4,8-9H,5-7,10-13H2,1-2H3,(H,16,19). The number of nitrogens with zero attached hydrogens (tertiary/aromatic N) is 2. The van der Waals surface area contributed by atoms with E-state index in [0.717, 1.165) is 12.8 Å². The van der Waals surface area contributed by atoms with Gasteiger partial charge < -0.3 is 14.6 Å². The molecule has 1 aromatic heterocycles. The van der Waals surface area contributed by atoms with Crippen LogP contribution < -0.4 is 5.32 Å². The Morgan fingerprint density at radius 1 is 1.26 bits per heavy atom. The zero-order valence-electron chi connectivity index (χ0n) is 13.7. The molecule has 130 valence electrons. The second kappa shape index (κ2) is 7.46. The van der Waals surface area contributed by atoms with Crippen LogP contribution in [-0.4, -0.2) is 62.8 Å². The predicted molar refractivity (Wildman–Crippen MR) is 87.6 cm³/mol. The van der Waals surface area contributed by atoms with Crippen molar-refractivity contribution >= 4 is 15.9 Å². The molecule has 0 atom stereocenters. The highest BCUT2D eigenvalue weighted by molar-refractivity contribution is 7.89. The van der Waals surface area contributed by atoms with Gasteiger partial charge in [-0.15, -0.1) is 0 Å². The second-order valence-corrected chi connectivity index (χ2v) is 8.35. The molecule has 7 nitrogen and oxygen atoms in total. The van der Waals surface area contributed by atoms with E-state index in [-0.39, 0.29) is 23.7 Å². The molecule has 1 N–H and O–H groups in total. The number of carbonyl (C=O) groups excluding carboxylic acids is 1. The molecule has 2 heterocycles. The first-order valence-corrected chi connectivity index (χ1v) is 9.35. The van der Waals surface area contributed by atoms with E-state index in [4.69, 9.17) is 4.74 Å². The summed E-state index contributed by atoms with van der Waals surface area (Å²) < 4.78 is 32.1. The van der Waals surface area contributed by atoms with Crippen molar-refractivity contribution in [3.05, 3.63) is 24.5 Å². The van der Waals surface area contributed by atoms with E-state index in [1.165, 1.54) is 18.4 Å². The van der Waals surface area contributed by atoms with Crippen LogP contribution in [0.1, 0.15) is 19.3 Å². The number of hydrogen-bond acceptors (Lipinski definition) is 4. The first kappa shape index (κ1) is 18.0. The molecule has 1 saturated heterocycles. The summed E-state index contributed by atoms with van der Waals surface area (Å²) in [6.45, 7) is 1.37. The highest BCUT2D eigenvalue weighted by atomic mass is 32.2. The molecule has 1 aliphatic heterocycles. The number of ether oxygens (including phenoxy) is 1. The lowest BCUT2D eigenvalue weighted by Gasteiger charge is -2.38. The Hall–Kier alpha value is -1.38. The summed E-state index contributed by atoms with van der Waals surface area (Å²) in [5, 5.41) is 2.73. The summed E-state index contributed by atoms with van der Waals surface area (Å²) in [6.07, 6.45) is 5.80. The Morgan fingerprint density at radius 3 is 2.43 bits per heavy atom. The summed E-state index contributed by atoms with van der Waals surface area (Å²) in [5.74, 6) is -0.222. The molecule has 1 aromatic rings. The van der Waals surface area contributed by atoms with Gasteiger partial charge in [-0.1, -0.05) is 0 Å². The molecule has 8 heteroatoms. The van der Waals surface area contributed by atoms with Crippen LogP contribution in [-0.2, 0) is 25.1 Å². The smallest absolute Gasteiger partial charge is 0.222 e. The third-order valence-corrected chi connectivity index (χ3v) is 6.14. The van der Waals surface area contributed by atoms with Crippen molar-refractivity contribution in [3.63, 3.8) is 0 Å². The fourth-order valence-electron chi connectivity index (χ4n) is 2.79. The van der Waals surface area contributed by atoms with Crippen molar-refractivity contribution < 1.29 is 17.9 Å². The highest BCUT2D eigenvalue weighted by Crippen LogP contribution is 2.32. The Kier molecular flexibility index (Phi) is 5.83. The van der Waals surface area contributed by atoms with Crippen LogP contribution in [0.4, 0.5) is 0 Å². The number of hydrogen-bond donors (Lipinski definition) is 1. The topological polar surface area (TPSA) is 80.6 Å². The molecule has 1 aliphatic rings. The maximum Gasteiger partial charge on any atom is 0.222 e. The van der Waals surface area contributed by atoms with E-state index < -0.39 is 10.0 Å². The lowest BCUT2D eigenvalue weighted by atomic mass is 9.86. The van der Waals surface area contributed by atoms with Gasteiger partial charge in [-0.25, -0.2) is 12.7 Å². The number of rotatable bonds is 7. The monoisotopic (exact) mass is 343 g/mol. The Labute approximate surface area is 137 Å². The van der Waals surface area contributed by atoms with Crippen molar-refractivity contribution in [2.75, 3.05) is 39.6 Å². The molecule has 0 radical (unpaired) electrons. The van der Waals surface area contributed by atoms with Crippen LogP contribution in [0.2, 0.25) is 0 Å². The second-order valence-electron chi connectivity index (χ2n) is 6.05. The average Bonchev–Trinajstić information content (AvgIpc) is 3.02. The Balaban J connectivity index is 1.94. The van der Waals surface area contributed by atoms with Gasteiger partial charge in [0.15, 0.2) is 0 Å². The summed E-state index contributed by atoms with van der Waals surface area (Å²) in [7, 11) is -0.319. The molecule has 1 fully saturated rings. The minimum atomic E-state index is -3.29. The SMILES string of the molecule is CN(C)S(=O)(=O)CCNC(=O)CC1(n2cccc2)CCOCC1. The van der Waals surface area contributed by atoms with Gasteiger partial charge in [-0.05, 0) is 25.0 Å². The summed E-state index contributed by atoms with van der Waals surface area (Å²) in [4.78, 5) is 12.3. The van der Waals surface area contributed by atoms with Crippen molar-refractivity contribution in [3.8, 4) is 0 Å². The fourth-order valence-corrected chi connectivity index (χ4v) is 3.52. The van der Waals surface area contributed by atoms with Crippen LogP contribution in [0.25, 0.3) is 0 Å². The zero-order chi connectivity index (χ0) is 16.9. The Bertz CT molecular complexity index is 605. The molecule has 0 bridgehead atoms. The number of carbonyl (C=O) groups is 1. The quantitative estimate of drug-likeness (QED) is 0.777. The minimum absolute atomic E-state index is 0.0919. The van der Waals surface area contributed by atoms with Crippen LogP contribution in [0.5, 0.6) is 0 Å². The molecule has 0 spiro atoms. The first-order chi connectivity index (χ1) is 10.9. The maximum absolute atomic E-state index is 12.3. The molecule has 0 aliphatic carbocycles. The van der Waals surface area contributed by atoms with E-state index in [0.29, 0.717) is 19.6 Å². The van der Waals surface area contributed by atoms with Crippen LogP contribution in [0, 0.1) is 0 Å². The van der Waals surface area contributed by atoms with E-state index in [1.807, 2.05) is 24.5 Å². The van der Waals surface area contributed by atoms with Crippen molar-refractivity contribution in [2.24, 2.45) is 0 Å². The van der Waals surface area contributed by atoms with E-state index in [1.54, 1.807) is 0 Å². The van der Waals surface area contributed by atoms with E-state index >= 15 is 0 Å². The zero-order valence-corrected chi connectivity index (χ0v) is 14.5. The molecule has 23 heavy (non-hydrogen) atoms. The first-order valence-electron chi connectivity index (χ1n) is 7.74. The largest absolute Gasteiger partial charge is 0.381 e. The van der Waals surface area contributed by atoms with Crippen molar-refractivity contribution in [1.29, 1.82) is 0 Å². The van der Waals surface area contributed by atoms with E-state index in [2.05, 4.69) is 9.88 Å². The average molecular weight is 343 g/mol. The van der Waals surface area contributed by atoms with Gasteiger partial charge >= 0.3 is 0 Å². The van der Waals surface area contributed by atoms with Crippen molar-refractivity contribution in [1.82, 2.24) is 14.2 Å². The highest BCUT2D eigenvalue weighted by Gasteiger charge is 2.36. The summed E-state index contributed by atoms with van der Waals surface area (Å²) in [6, 6.07) is 3.89.